The fourth-order valence-electron chi connectivity index (χ4n) is 3.77. The van der Waals surface area contributed by atoms with E-state index in [1.807, 2.05) is 0 Å². The smallest absolute Gasteiger partial charge is 0.258 e. The molecule has 170 valence electrons. The molecule has 2 N–H and O–H groups in total. The Kier molecular flexibility index (Phi) is 6.27. The third kappa shape index (κ3) is 3.71. The molecule has 0 saturated heterocycles. The summed E-state index contributed by atoms with van der Waals surface area (Å²) in [5, 5.41) is 21.8. The number of aromatic nitrogens is 2. The van der Waals surface area contributed by atoms with Gasteiger partial charge in [0, 0.05) is 25.5 Å². The maximum Gasteiger partial charge on any atom is 0.258 e. The fourth-order valence-corrected chi connectivity index (χ4v) is 4.07. The minimum atomic E-state index is -1.13. The van der Waals surface area contributed by atoms with Gasteiger partial charge in [-0.2, -0.15) is 0 Å². The molecule has 9 heteroatoms. The maximum atomic E-state index is 13.3. The van der Waals surface area contributed by atoms with Crippen molar-refractivity contribution in [3.63, 3.8) is 0 Å². The van der Waals surface area contributed by atoms with Crippen LogP contribution in [-0.2, 0) is 14.1 Å². The Morgan fingerprint density at radius 2 is 1.31 bits per heavy atom. The number of ether oxygens (including phenoxy) is 2. The van der Waals surface area contributed by atoms with E-state index in [-0.39, 0.29) is 39.1 Å². The van der Waals surface area contributed by atoms with Gasteiger partial charge in [-0.25, -0.2) is 0 Å². The number of pyridine rings is 2. The quantitative estimate of drug-likeness (QED) is 0.606. The molecule has 0 aliphatic heterocycles. The van der Waals surface area contributed by atoms with Gasteiger partial charge in [-0.15, -0.1) is 0 Å². The average molecular weight is 461 g/mol. The standard InChI is InChI=1S/C23H25ClN2O6/c1-11-7-15(27)19(22(29)25(11)3)18(20-16(28)8-12(2)26(4)23(20)30)13-9-14(24)21(32-6)17(10-13)31-5/h7-10,18,27-28H,1-6H3. The van der Waals surface area contributed by atoms with Crippen LogP contribution in [0.15, 0.2) is 33.9 Å². The second kappa shape index (κ2) is 8.63. The molecule has 2 aromatic heterocycles. The third-order valence-electron chi connectivity index (χ3n) is 5.74. The van der Waals surface area contributed by atoms with Crippen molar-refractivity contribution in [3.8, 4) is 23.0 Å². The number of hydrogen-bond acceptors (Lipinski definition) is 6. The summed E-state index contributed by atoms with van der Waals surface area (Å²) in [6.45, 7) is 3.35. The molecule has 0 spiro atoms. The second-order valence-electron chi connectivity index (χ2n) is 7.57. The molecule has 0 bridgehead atoms. The third-order valence-corrected chi connectivity index (χ3v) is 6.02. The molecular weight excluding hydrogens is 436 g/mol. The van der Waals surface area contributed by atoms with Crippen molar-refractivity contribution in [2.24, 2.45) is 14.1 Å². The molecule has 3 rings (SSSR count). The molecule has 0 amide bonds. The van der Waals surface area contributed by atoms with Gasteiger partial charge in [-0.3, -0.25) is 9.59 Å². The van der Waals surface area contributed by atoms with Gasteiger partial charge >= 0.3 is 0 Å². The summed E-state index contributed by atoms with van der Waals surface area (Å²) < 4.78 is 13.4. The van der Waals surface area contributed by atoms with Crippen LogP contribution in [0.25, 0.3) is 0 Å². The molecule has 0 unspecified atom stereocenters. The van der Waals surface area contributed by atoms with Crippen molar-refractivity contribution >= 4 is 11.6 Å². The van der Waals surface area contributed by atoms with Gasteiger partial charge in [0.25, 0.3) is 11.1 Å². The normalized spacial score (nSPS) is 11.1. The van der Waals surface area contributed by atoms with E-state index in [2.05, 4.69) is 0 Å². The lowest BCUT2D eigenvalue weighted by Crippen LogP contribution is -2.31. The van der Waals surface area contributed by atoms with E-state index < -0.39 is 17.0 Å². The van der Waals surface area contributed by atoms with Crippen molar-refractivity contribution in [1.82, 2.24) is 9.13 Å². The fraction of sp³-hybridized carbons (Fsp3) is 0.304. The average Bonchev–Trinajstić information content (AvgIpc) is 2.74. The van der Waals surface area contributed by atoms with Crippen LogP contribution in [0.1, 0.15) is 34.0 Å². The number of methoxy groups -OCH3 is 2. The van der Waals surface area contributed by atoms with Crippen molar-refractivity contribution in [2.75, 3.05) is 14.2 Å². The molecule has 0 aliphatic rings. The van der Waals surface area contributed by atoms with Crippen molar-refractivity contribution in [3.05, 3.63) is 78.1 Å². The van der Waals surface area contributed by atoms with Gasteiger partial charge in [-0.05, 0) is 43.7 Å². The summed E-state index contributed by atoms with van der Waals surface area (Å²) in [7, 11) is 5.99. The Morgan fingerprint density at radius 3 is 1.72 bits per heavy atom. The Labute approximate surface area is 189 Å². The van der Waals surface area contributed by atoms with E-state index in [1.54, 1.807) is 34.0 Å². The first-order valence-corrected chi connectivity index (χ1v) is 10.1. The van der Waals surface area contributed by atoms with Crippen LogP contribution in [-0.4, -0.2) is 33.6 Å². The minimum Gasteiger partial charge on any atom is -0.507 e. The predicted octanol–water partition coefficient (Wildman–Crippen LogP) is 2.96. The zero-order valence-corrected chi connectivity index (χ0v) is 19.4. The van der Waals surface area contributed by atoms with Crippen LogP contribution < -0.4 is 20.6 Å². The topological polar surface area (TPSA) is 103 Å². The Balaban J connectivity index is 2.51. The van der Waals surface area contributed by atoms with Gasteiger partial charge in [0.2, 0.25) is 0 Å². The number of aryl methyl sites for hydroxylation is 2. The molecule has 0 saturated carbocycles. The first-order chi connectivity index (χ1) is 15.0. The van der Waals surface area contributed by atoms with Crippen molar-refractivity contribution in [2.45, 2.75) is 19.8 Å². The van der Waals surface area contributed by atoms with E-state index in [9.17, 15) is 19.8 Å². The van der Waals surface area contributed by atoms with Crippen LogP contribution in [0.2, 0.25) is 5.02 Å². The van der Waals surface area contributed by atoms with Crippen LogP contribution in [0, 0.1) is 13.8 Å². The molecular formula is C23H25ClN2O6. The second-order valence-corrected chi connectivity index (χ2v) is 7.98. The van der Waals surface area contributed by atoms with E-state index in [1.165, 1.54) is 41.6 Å². The summed E-state index contributed by atoms with van der Waals surface area (Å²) in [4.78, 5) is 26.5. The summed E-state index contributed by atoms with van der Waals surface area (Å²) in [6, 6.07) is 5.95. The van der Waals surface area contributed by atoms with Crippen LogP contribution in [0.4, 0.5) is 0 Å². The first-order valence-electron chi connectivity index (χ1n) is 9.73. The summed E-state index contributed by atoms with van der Waals surface area (Å²) in [5.74, 6) is -1.19. The molecule has 0 radical (unpaired) electrons. The Morgan fingerprint density at radius 1 is 0.844 bits per heavy atom. The molecule has 3 aromatic rings. The number of benzene rings is 1. The number of rotatable bonds is 5. The molecule has 2 heterocycles. The molecule has 8 nitrogen and oxygen atoms in total. The lowest BCUT2D eigenvalue weighted by molar-refractivity contribution is 0.354. The highest BCUT2D eigenvalue weighted by molar-refractivity contribution is 6.32. The zero-order valence-electron chi connectivity index (χ0n) is 18.7. The zero-order chi connectivity index (χ0) is 23.9. The highest BCUT2D eigenvalue weighted by Gasteiger charge is 2.31. The molecule has 32 heavy (non-hydrogen) atoms. The number of hydrogen-bond donors (Lipinski definition) is 2. The number of aromatic hydroxyl groups is 2. The SMILES string of the molecule is COc1cc(C(c2c(O)cc(C)n(C)c2=O)c2c(O)cc(C)n(C)c2=O)cc(Cl)c1OC. The molecule has 1 aromatic carbocycles. The lowest BCUT2D eigenvalue weighted by atomic mass is 9.84. The van der Waals surface area contributed by atoms with Gasteiger partial charge in [0.1, 0.15) is 11.5 Å². The van der Waals surface area contributed by atoms with Gasteiger partial charge in [-0.1, -0.05) is 11.6 Å². The predicted molar refractivity (Wildman–Crippen MR) is 122 cm³/mol. The van der Waals surface area contributed by atoms with E-state index in [0.29, 0.717) is 17.0 Å². The summed E-state index contributed by atoms with van der Waals surface area (Å²) in [6.07, 6.45) is 0. The Bertz CT molecular complexity index is 1250. The van der Waals surface area contributed by atoms with Gasteiger partial charge in [0.15, 0.2) is 11.5 Å². The van der Waals surface area contributed by atoms with Crippen LogP contribution >= 0.6 is 11.6 Å². The molecule has 0 fully saturated rings. The number of nitrogens with zero attached hydrogens (tertiary/aromatic N) is 2. The molecule has 0 aliphatic carbocycles. The van der Waals surface area contributed by atoms with E-state index in [0.717, 1.165) is 0 Å². The summed E-state index contributed by atoms with van der Waals surface area (Å²) in [5.41, 5.74) is 0.249. The largest absolute Gasteiger partial charge is 0.507 e. The minimum absolute atomic E-state index is 0.0716. The monoisotopic (exact) mass is 460 g/mol. The van der Waals surface area contributed by atoms with E-state index >= 15 is 0 Å². The van der Waals surface area contributed by atoms with E-state index in [4.69, 9.17) is 21.1 Å². The Hall–Kier alpha value is -3.39. The maximum absolute atomic E-state index is 13.3. The number of halogens is 1. The van der Waals surface area contributed by atoms with Gasteiger partial charge < -0.3 is 28.8 Å². The first kappa shape index (κ1) is 23.3. The summed E-state index contributed by atoms with van der Waals surface area (Å²) >= 11 is 6.41. The van der Waals surface area contributed by atoms with Crippen molar-refractivity contribution < 1.29 is 19.7 Å². The van der Waals surface area contributed by atoms with Crippen LogP contribution in [0.3, 0.4) is 0 Å². The van der Waals surface area contributed by atoms with Crippen LogP contribution in [0.5, 0.6) is 23.0 Å². The van der Waals surface area contributed by atoms with Gasteiger partial charge in [0.05, 0.1) is 36.3 Å². The van der Waals surface area contributed by atoms with Crippen molar-refractivity contribution in [1.29, 1.82) is 0 Å². The lowest BCUT2D eigenvalue weighted by Gasteiger charge is -2.23. The highest BCUT2D eigenvalue weighted by atomic mass is 35.5. The molecule has 0 atom stereocenters. The highest BCUT2D eigenvalue weighted by Crippen LogP contribution is 2.43.